The maximum atomic E-state index is 13.1. The molecule has 0 heterocycles. The molecule has 1 N–H and O–H groups in total. The van der Waals surface area contributed by atoms with Gasteiger partial charge in [-0.05, 0) is 49.7 Å². The highest BCUT2D eigenvalue weighted by atomic mass is 32.2. The van der Waals surface area contributed by atoms with Gasteiger partial charge in [-0.25, -0.2) is 8.42 Å². The van der Waals surface area contributed by atoms with Gasteiger partial charge in [-0.15, -0.1) is 0 Å². The second kappa shape index (κ2) is 9.48. The fourth-order valence-corrected chi connectivity index (χ4v) is 4.30. The number of benzene rings is 2. The molecule has 0 fully saturated rings. The molecule has 0 aliphatic rings. The number of aryl methyl sites for hydroxylation is 1. The number of rotatable bonds is 8. The van der Waals surface area contributed by atoms with Crippen LogP contribution in [0.5, 0.6) is 5.75 Å². The van der Waals surface area contributed by atoms with Crippen molar-refractivity contribution in [1.82, 2.24) is 4.31 Å². The van der Waals surface area contributed by atoms with E-state index in [9.17, 15) is 26.4 Å². The molecule has 0 saturated heterocycles. The number of sulfonamides is 1. The number of hydrogen-bond acceptors (Lipinski definition) is 4. The summed E-state index contributed by atoms with van der Waals surface area (Å²) in [5.41, 5.74) is -0.829. The first-order chi connectivity index (χ1) is 14.0. The van der Waals surface area contributed by atoms with E-state index >= 15 is 0 Å². The highest BCUT2D eigenvalue weighted by molar-refractivity contribution is 7.89. The third kappa shape index (κ3) is 5.51. The molecule has 0 aliphatic carbocycles. The number of carbonyl (C=O) groups is 1. The molecule has 0 saturated carbocycles. The summed E-state index contributed by atoms with van der Waals surface area (Å²) < 4.78 is 71.4. The average Bonchev–Trinajstić information content (AvgIpc) is 2.67. The Morgan fingerprint density at radius 3 is 2.37 bits per heavy atom. The monoisotopic (exact) mass is 444 g/mol. The number of likely N-dealkylation sites (N-methyl/N-ethyl adjacent to an activating group) is 1. The smallest absolute Gasteiger partial charge is 0.418 e. The van der Waals surface area contributed by atoms with Gasteiger partial charge < -0.3 is 10.1 Å². The molecule has 0 bridgehead atoms. The topological polar surface area (TPSA) is 75.7 Å². The van der Waals surface area contributed by atoms with E-state index in [1.54, 1.807) is 13.8 Å². The van der Waals surface area contributed by atoms with Crippen LogP contribution in [0.3, 0.4) is 0 Å². The summed E-state index contributed by atoms with van der Waals surface area (Å²) in [6.07, 6.45) is -4.65. The highest BCUT2D eigenvalue weighted by Crippen LogP contribution is 2.34. The third-order valence-corrected chi connectivity index (χ3v) is 6.18. The van der Waals surface area contributed by atoms with Gasteiger partial charge in [0.2, 0.25) is 15.9 Å². The Kier molecular flexibility index (Phi) is 7.49. The van der Waals surface area contributed by atoms with Crippen molar-refractivity contribution in [1.29, 1.82) is 0 Å². The van der Waals surface area contributed by atoms with E-state index in [4.69, 9.17) is 4.74 Å². The van der Waals surface area contributed by atoms with Crippen molar-refractivity contribution in [2.75, 3.05) is 25.0 Å². The third-order valence-electron chi connectivity index (χ3n) is 4.26. The number of carbonyl (C=O) groups excluding carboxylic acids is 1. The van der Waals surface area contributed by atoms with Gasteiger partial charge in [0.1, 0.15) is 5.75 Å². The molecule has 0 aliphatic heterocycles. The van der Waals surface area contributed by atoms with E-state index in [0.29, 0.717) is 17.9 Å². The summed E-state index contributed by atoms with van der Waals surface area (Å²) in [4.78, 5) is 12.3. The van der Waals surface area contributed by atoms with E-state index in [0.717, 1.165) is 16.4 Å². The molecule has 2 aromatic rings. The van der Waals surface area contributed by atoms with Crippen molar-refractivity contribution in [3.63, 3.8) is 0 Å². The lowest BCUT2D eigenvalue weighted by atomic mass is 10.1. The van der Waals surface area contributed by atoms with Crippen LogP contribution in [0.4, 0.5) is 18.9 Å². The van der Waals surface area contributed by atoms with Gasteiger partial charge in [0.25, 0.3) is 0 Å². The number of nitrogens with zero attached hydrogens (tertiary/aromatic N) is 1. The van der Waals surface area contributed by atoms with E-state index < -0.39 is 39.9 Å². The summed E-state index contributed by atoms with van der Waals surface area (Å²) in [5.74, 6) is -0.333. The van der Waals surface area contributed by atoms with Crippen LogP contribution in [-0.2, 0) is 21.0 Å². The Balaban J connectivity index is 2.22. The van der Waals surface area contributed by atoms with E-state index in [-0.39, 0.29) is 11.4 Å². The number of nitrogens with one attached hydrogen (secondary N) is 1. The first-order valence-corrected chi connectivity index (χ1v) is 10.6. The normalized spacial score (nSPS) is 12.1. The fraction of sp³-hybridized carbons (Fsp3) is 0.350. The van der Waals surface area contributed by atoms with Crippen LogP contribution in [0.1, 0.15) is 25.0 Å². The van der Waals surface area contributed by atoms with Crippen LogP contribution in [0.25, 0.3) is 0 Å². The molecular formula is C20H23F3N2O4S. The zero-order valence-corrected chi connectivity index (χ0v) is 17.6. The van der Waals surface area contributed by atoms with Crippen LogP contribution < -0.4 is 10.1 Å². The second-order valence-corrected chi connectivity index (χ2v) is 8.32. The highest BCUT2D eigenvalue weighted by Gasteiger charge is 2.34. The molecule has 0 spiro atoms. The summed E-state index contributed by atoms with van der Waals surface area (Å²) in [7, 11) is -4.04. The Morgan fingerprint density at radius 1 is 1.13 bits per heavy atom. The lowest BCUT2D eigenvalue weighted by Crippen LogP contribution is -2.38. The van der Waals surface area contributed by atoms with E-state index in [2.05, 4.69) is 5.32 Å². The molecule has 10 heteroatoms. The van der Waals surface area contributed by atoms with Crippen LogP contribution in [0.15, 0.2) is 47.4 Å². The number of ether oxygens (including phenoxy) is 1. The van der Waals surface area contributed by atoms with Gasteiger partial charge >= 0.3 is 6.18 Å². The number of hydrogen-bond donors (Lipinski definition) is 1. The largest absolute Gasteiger partial charge is 0.494 e. The Hall–Kier alpha value is -2.59. The number of para-hydroxylation sites is 1. The zero-order chi connectivity index (χ0) is 22.5. The lowest BCUT2D eigenvalue weighted by molar-refractivity contribution is -0.137. The van der Waals surface area contributed by atoms with Crippen molar-refractivity contribution in [3.05, 3.63) is 53.6 Å². The maximum absolute atomic E-state index is 13.1. The van der Waals surface area contributed by atoms with Crippen molar-refractivity contribution < 1.29 is 31.1 Å². The predicted octanol–water partition coefficient (Wildman–Crippen LogP) is 4.06. The van der Waals surface area contributed by atoms with Gasteiger partial charge in [-0.2, -0.15) is 17.5 Å². The Labute approximate surface area is 173 Å². The van der Waals surface area contributed by atoms with E-state index in [1.807, 2.05) is 0 Å². The van der Waals surface area contributed by atoms with Crippen molar-refractivity contribution in [3.8, 4) is 5.75 Å². The molecule has 164 valence electrons. The molecule has 2 rings (SSSR count). The van der Waals surface area contributed by atoms with Gasteiger partial charge in [-0.1, -0.05) is 19.1 Å². The Bertz CT molecular complexity index is 1010. The summed E-state index contributed by atoms with van der Waals surface area (Å²) >= 11 is 0. The van der Waals surface area contributed by atoms with Gasteiger partial charge in [0.05, 0.1) is 29.3 Å². The van der Waals surface area contributed by atoms with Crippen molar-refractivity contribution in [2.24, 2.45) is 0 Å². The quantitative estimate of drug-likeness (QED) is 0.666. The summed E-state index contributed by atoms with van der Waals surface area (Å²) in [6, 6.07) is 8.83. The molecule has 0 unspecified atom stereocenters. The van der Waals surface area contributed by atoms with Crippen LogP contribution in [0, 0.1) is 6.92 Å². The zero-order valence-electron chi connectivity index (χ0n) is 16.8. The summed E-state index contributed by atoms with van der Waals surface area (Å²) in [5, 5.41) is 2.16. The van der Waals surface area contributed by atoms with Crippen molar-refractivity contribution in [2.45, 2.75) is 31.8 Å². The van der Waals surface area contributed by atoms with Gasteiger partial charge in [0.15, 0.2) is 0 Å². The molecule has 0 aromatic heterocycles. The molecular weight excluding hydrogens is 421 g/mol. The van der Waals surface area contributed by atoms with E-state index in [1.165, 1.54) is 37.3 Å². The first-order valence-electron chi connectivity index (χ1n) is 9.20. The van der Waals surface area contributed by atoms with Gasteiger partial charge in [0, 0.05) is 6.54 Å². The SMILES string of the molecule is CCOc1ccc(S(=O)(=O)N(CC)CC(=O)Nc2ccccc2C(F)(F)F)cc1C. The van der Waals surface area contributed by atoms with Crippen LogP contribution in [0.2, 0.25) is 0 Å². The second-order valence-electron chi connectivity index (χ2n) is 6.38. The number of anilines is 1. The number of alkyl halides is 3. The average molecular weight is 444 g/mol. The molecule has 6 nitrogen and oxygen atoms in total. The van der Waals surface area contributed by atoms with Crippen LogP contribution >= 0.6 is 0 Å². The minimum absolute atomic E-state index is 0.0335. The molecule has 1 amide bonds. The first kappa shape index (κ1) is 23.7. The lowest BCUT2D eigenvalue weighted by Gasteiger charge is -2.21. The van der Waals surface area contributed by atoms with Crippen LogP contribution in [-0.4, -0.2) is 38.3 Å². The minimum Gasteiger partial charge on any atom is -0.494 e. The fourth-order valence-electron chi connectivity index (χ4n) is 2.80. The maximum Gasteiger partial charge on any atom is 0.418 e. The van der Waals surface area contributed by atoms with Crippen molar-refractivity contribution >= 4 is 21.6 Å². The minimum atomic E-state index is -4.65. The summed E-state index contributed by atoms with van der Waals surface area (Å²) in [6.45, 7) is 4.79. The molecule has 30 heavy (non-hydrogen) atoms. The standard InChI is InChI=1S/C20H23F3N2O4S/c1-4-25(30(27,28)15-10-11-18(29-5-2)14(3)12-15)13-19(26)24-17-9-7-6-8-16(17)20(21,22)23/h6-12H,4-5,13H2,1-3H3,(H,24,26). The molecule has 0 radical (unpaired) electrons. The number of halogens is 3. The molecule has 2 aromatic carbocycles. The number of amides is 1. The van der Waals surface area contributed by atoms with Gasteiger partial charge in [-0.3, -0.25) is 4.79 Å². The predicted molar refractivity (Wildman–Crippen MR) is 107 cm³/mol. The molecule has 0 atom stereocenters. The Morgan fingerprint density at radius 2 is 1.80 bits per heavy atom.